The van der Waals surface area contributed by atoms with Gasteiger partial charge in [-0.1, -0.05) is 6.07 Å². The van der Waals surface area contributed by atoms with Crippen molar-refractivity contribution in [2.45, 2.75) is 19.6 Å². The van der Waals surface area contributed by atoms with Crippen LogP contribution in [0.1, 0.15) is 18.2 Å². The van der Waals surface area contributed by atoms with Crippen molar-refractivity contribution in [3.8, 4) is 0 Å². The Morgan fingerprint density at radius 3 is 2.77 bits per heavy atom. The van der Waals surface area contributed by atoms with E-state index < -0.39 is 17.8 Å². The highest BCUT2D eigenvalue weighted by Gasteiger charge is 2.33. The van der Waals surface area contributed by atoms with Gasteiger partial charge in [-0.05, 0) is 19.1 Å². The third-order valence-corrected chi connectivity index (χ3v) is 2.66. The van der Waals surface area contributed by atoms with Crippen molar-refractivity contribution < 1.29 is 18.0 Å². The van der Waals surface area contributed by atoms with Crippen molar-refractivity contribution in [1.29, 1.82) is 0 Å². The molecule has 0 aliphatic heterocycles. The number of pyridine rings is 1. The van der Waals surface area contributed by atoms with Crippen molar-refractivity contribution in [3.05, 3.63) is 48.0 Å². The lowest BCUT2D eigenvalue weighted by atomic mass is 10.2. The summed E-state index contributed by atoms with van der Waals surface area (Å²) in [5.41, 5.74) is 2.46. The molecule has 6 nitrogen and oxygen atoms in total. The summed E-state index contributed by atoms with van der Waals surface area (Å²) in [6, 6.07) is 4.29. The molecule has 0 radical (unpaired) electrons. The number of hydrogen-bond donors (Lipinski definition) is 1. The number of amides is 1. The summed E-state index contributed by atoms with van der Waals surface area (Å²) >= 11 is 0. The lowest BCUT2D eigenvalue weighted by Gasteiger charge is -2.04. The second kappa shape index (κ2) is 6.37. The molecule has 9 heteroatoms. The molecule has 0 fully saturated rings. The first kappa shape index (κ1) is 15.7. The number of hydrogen-bond acceptors (Lipinski definition) is 4. The molecule has 22 heavy (non-hydrogen) atoms. The Bertz CT molecular complexity index is 678. The van der Waals surface area contributed by atoms with E-state index in [1.165, 1.54) is 0 Å². The highest BCUT2D eigenvalue weighted by Crippen LogP contribution is 2.27. The van der Waals surface area contributed by atoms with Crippen LogP contribution in [-0.4, -0.2) is 26.4 Å². The fraction of sp³-hybridized carbons (Fsp3) is 0.231. The third kappa shape index (κ3) is 4.14. The zero-order chi connectivity index (χ0) is 16.2. The minimum Gasteiger partial charge on any atom is -0.271 e. The van der Waals surface area contributed by atoms with E-state index in [1.807, 2.05) is 0 Å². The quantitative estimate of drug-likeness (QED) is 0.692. The number of carbonyl (C=O) groups excluding carboxylic acids is 1. The number of nitrogens with one attached hydrogen (secondary N) is 1. The first-order chi connectivity index (χ1) is 10.4. The molecule has 2 heterocycles. The van der Waals surface area contributed by atoms with Gasteiger partial charge in [0.15, 0.2) is 5.69 Å². The molecule has 2 rings (SSSR count). The molecular formula is C13H12F3N5O. The van der Waals surface area contributed by atoms with E-state index in [1.54, 1.807) is 31.5 Å². The fourth-order valence-corrected chi connectivity index (χ4v) is 1.57. The van der Waals surface area contributed by atoms with E-state index in [9.17, 15) is 18.0 Å². The van der Waals surface area contributed by atoms with Gasteiger partial charge >= 0.3 is 6.18 Å². The molecular weight excluding hydrogens is 299 g/mol. The van der Waals surface area contributed by atoms with Crippen LogP contribution < -0.4 is 5.43 Å². The molecule has 0 aliphatic carbocycles. The van der Waals surface area contributed by atoms with Crippen LogP contribution in [0.3, 0.4) is 0 Å². The van der Waals surface area contributed by atoms with Crippen LogP contribution in [-0.2, 0) is 17.5 Å². The molecule has 0 aliphatic rings. The summed E-state index contributed by atoms with van der Waals surface area (Å²) < 4.78 is 38.0. The first-order valence-corrected chi connectivity index (χ1v) is 6.20. The van der Waals surface area contributed by atoms with Gasteiger partial charge in [-0.25, -0.2) is 5.43 Å². The van der Waals surface area contributed by atoms with Gasteiger partial charge < -0.3 is 0 Å². The smallest absolute Gasteiger partial charge is 0.271 e. The minimum atomic E-state index is -4.53. The van der Waals surface area contributed by atoms with Gasteiger partial charge in [-0.2, -0.15) is 23.4 Å². The van der Waals surface area contributed by atoms with Gasteiger partial charge in [0.25, 0.3) is 5.91 Å². The number of alkyl halides is 3. The van der Waals surface area contributed by atoms with Crippen molar-refractivity contribution >= 4 is 11.6 Å². The van der Waals surface area contributed by atoms with Crippen LogP contribution in [0.4, 0.5) is 13.2 Å². The van der Waals surface area contributed by atoms with E-state index in [0.29, 0.717) is 5.71 Å². The van der Waals surface area contributed by atoms with Crippen LogP contribution >= 0.6 is 0 Å². The monoisotopic (exact) mass is 311 g/mol. The molecule has 0 unspecified atom stereocenters. The average molecular weight is 311 g/mol. The van der Waals surface area contributed by atoms with Gasteiger partial charge in [0.1, 0.15) is 6.54 Å². The highest BCUT2D eigenvalue weighted by molar-refractivity contribution is 5.98. The number of hydrazone groups is 1. The SMILES string of the molecule is CC(=NNC(=O)Cn1ccc(C(F)(F)F)n1)c1cccnc1. The van der Waals surface area contributed by atoms with Crippen LogP contribution in [0.5, 0.6) is 0 Å². The van der Waals surface area contributed by atoms with Crippen LogP contribution in [0.25, 0.3) is 0 Å². The topological polar surface area (TPSA) is 72.2 Å². The van der Waals surface area contributed by atoms with Gasteiger partial charge in [0.05, 0.1) is 5.71 Å². The molecule has 0 spiro atoms. The number of aromatic nitrogens is 3. The Labute approximate surface area is 123 Å². The van der Waals surface area contributed by atoms with Crippen LogP contribution in [0.15, 0.2) is 41.9 Å². The largest absolute Gasteiger partial charge is 0.435 e. The summed E-state index contributed by atoms with van der Waals surface area (Å²) in [4.78, 5) is 15.5. The number of nitrogens with zero attached hydrogens (tertiary/aromatic N) is 4. The molecule has 116 valence electrons. The fourth-order valence-electron chi connectivity index (χ4n) is 1.57. The summed E-state index contributed by atoms with van der Waals surface area (Å²) in [6.45, 7) is 1.31. The zero-order valence-electron chi connectivity index (χ0n) is 11.5. The first-order valence-electron chi connectivity index (χ1n) is 6.20. The van der Waals surface area contributed by atoms with Gasteiger partial charge in [0.2, 0.25) is 0 Å². The zero-order valence-corrected chi connectivity index (χ0v) is 11.5. The lowest BCUT2D eigenvalue weighted by molar-refractivity contribution is -0.141. The Kier molecular flexibility index (Phi) is 4.54. The maximum Gasteiger partial charge on any atom is 0.435 e. The van der Waals surface area contributed by atoms with E-state index in [0.717, 1.165) is 22.5 Å². The van der Waals surface area contributed by atoms with Gasteiger partial charge in [-0.15, -0.1) is 0 Å². The second-order valence-corrected chi connectivity index (χ2v) is 4.37. The van der Waals surface area contributed by atoms with E-state index in [4.69, 9.17) is 0 Å². The van der Waals surface area contributed by atoms with Crippen molar-refractivity contribution in [2.75, 3.05) is 0 Å². The van der Waals surface area contributed by atoms with Crippen molar-refractivity contribution in [1.82, 2.24) is 20.2 Å². The molecule has 0 aromatic carbocycles. The predicted octanol–water partition coefficient (Wildman–Crippen LogP) is 1.84. The summed E-state index contributed by atoms with van der Waals surface area (Å²) in [5.74, 6) is -0.583. The standard InChI is InChI=1S/C13H12F3N5O/c1-9(10-3-2-5-17-7-10)18-19-12(22)8-21-6-4-11(20-21)13(14,15)16/h2-7H,8H2,1H3,(H,19,22). The number of rotatable bonds is 4. The molecule has 2 aromatic rings. The van der Waals surface area contributed by atoms with Gasteiger partial charge in [0, 0.05) is 24.2 Å². The summed E-state index contributed by atoms with van der Waals surface area (Å²) in [7, 11) is 0. The Morgan fingerprint density at radius 1 is 1.41 bits per heavy atom. The Balaban J connectivity index is 1.95. The molecule has 2 aromatic heterocycles. The van der Waals surface area contributed by atoms with E-state index in [2.05, 4.69) is 20.6 Å². The molecule has 0 atom stereocenters. The highest BCUT2D eigenvalue weighted by atomic mass is 19.4. The van der Waals surface area contributed by atoms with E-state index in [-0.39, 0.29) is 6.54 Å². The van der Waals surface area contributed by atoms with Gasteiger partial charge in [-0.3, -0.25) is 14.5 Å². The molecule has 0 saturated heterocycles. The maximum atomic E-state index is 12.4. The molecule has 0 bridgehead atoms. The normalized spacial score (nSPS) is 12.3. The second-order valence-electron chi connectivity index (χ2n) is 4.37. The average Bonchev–Trinajstić information content (AvgIpc) is 2.94. The van der Waals surface area contributed by atoms with Crippen LogP contribution in [0, 0.1) is 0 Å². The molecule has 1 N–H and O–H groups in total. The molecule has 1 amide bonds. The summed E-state index contributed by atoms with van der Waals surface area (Å²) in [5, 5.41) is 7.14. The number of halogens is 3. The van der Waals surface area contributed by atoms with Crippen LogP contribution in [0.2, 0.25) is 0 Å². The number of carbonyl (C=O) groups is 1. The third-order valence-electron chi connectivity index (χ3n) is 2.66. The Hall–Kier alpha value is -2.71. The van der Waals surface area contributed by atoms with Crippen molar-refractivity contribution in [3.63, 3.8) is 0 Å². The predicted molar refractivity (Wildman–Crippen MR) is 71.8 cm³/mol. The maximum absolute atomic E-state index is 12.4. The van der Waals surface area contributed by atoms with Crippen molar-refractivity contribution in [2.24, 2.45) is 5.10 Å². The minimum absolute atomic E-state index is 0.361. The summed E-state index contributed by atoms with van der Waals surface area (Å²) in [6.07, 6.45) is -0.268. The Morgan fingerprint density at radius 2 is 2.18 bits per heavy atom. The van der Waals surface area contributed by atoms with E-state index >= 15 is 0 Å². The lowest BCUT2D eigenvalue weighted by Crippen LogP contribution is -2.24. The molecule has 0 saturated carbocycles.